The van der Waals surface area contributed by atoms with Crippen LogP contribution in [0.5, 0.6) is 11.5 Å². The molecule has 0 bridgehead atoms. The van der Waals surface area contributed by atoms with Crippen LogP contribution in [0.4, 0.5) is 17.6 Å². The molecular weight excluding hydrogens is 452 g/mol. The van der Waals surface area contributed by atoms with Crippen LogP contribution in [-0.2, 0) is 11.3 Å². The van der Waals surface area contributed by atoms with Crippen molar-refractivity contribution in [2.45, 2.75) is 38.8 Å². The predicted octanol–water partition coefficient (Wildman–Crippen LogP) is 2.95. The van der Waals surface area contributed by atoms with E-state index in [1.807, 2.05) is 18.2 Å². The number of piperidine rings is 1. The standard InChI is InChI=1S/C24H32N6O3S/c1-17-4-2-3-7-30(17)22-15-21(29-8-10-31-11-9-29)26-23(27-22)28-24(34)25-16-18-5-6-19-20(14-18)33-13-12-32-19/h5-6,14-15,17H,2-4,7-13,16H2,1H3,(H2,25,26,27,28,34)/t17-/m0/s1. The molecule has 2 saturated heterocycles. The lowest BCUT2D eigenvalue weighted by atomic mass is 10.0. The molecule has 1 aromatic heterocycles. The zero-order valence-electron chi connectivity index (χ0n) is 19.6. The molecule has 3 aliphatic rings. The molecule has 10 heteroatoms. The molecule has 0 unspecified atom stereocenters. The minimum Gasteiger partial charge on any atom is -0.486 e. The van der Waals surface area contributed by atoms with Gasteiger partial charge in [0.05, 0.1) is 13.2 Å². The monoisotopic (exact) mass is 484 g/mol. The highest BCUT2D eigenvalue weighted by atomic mass is 32.1. The van der Waals surface area contributed by atoms with E-state index < -0.39 is 0 Å². The lowest BCUT2D eigenvalue weighted by Gasteiger charge is -2.35. The molecule has 9 nitrogen and oxygen atoms in total. The molecule has 3 aliphatic heterocycles. The van der Waals surface area contributed by atoms with Crippen LogP contribution >= 0.6 is 12.2 Å². The number of rotatable bonds is 5. The second kappa shape index (κ2) is 10.6. The SMILES string of the molecule is C[C@H]1CCCCN1c1cc(N2CCOCC2)nc(NC(=S)NCc2ccc3c(c2)OCCO3)n1. The van der Waals surface area contributed by atoms with Crippen LogP contribution < -0.4 is 29.9 Å². The Kier molecular flexibility index (Phi) is 7.15. The largest absolute Gasteiger partial charge is 0.486 e. The number of hydrogen-bond acceptors (Lipinski definition) is 8. The Morgan fingerprint density at radius 1 is 1.00 bits per heavy atom. The summed E-state index contributed by atoms with van der Waals surface area (Å²) in [6.45, 7) is 8.03. The van der Waals surface area contributed by atoms with E-state index >= 15 is 0 Å². The Balaban J connectivity index is 1.29. The summed E-state index contributed by atoms with van der Waals surface area (Å²) in [6, 6.07) is 8.48. The highest BCUT2D eigenvalue weighted by molar-refractivity contribution is 7.80. The number of thiocarbonyl (C=S) groups is 1. The van der Waals surface area contributed by atoms with Gasteiger partial charge in [0.2, 0.25) is 5.95 Å². The van der Waals surface area contributed by atoms with Crippen LogP contribution in [-0.4, -0.2) is 67.2 Å². The number of morpholine rings is 1. The van der Waals surface area contributed by atoms with E-state index in [9.17, 15) is 0 Å². The molecule has 4 heterocycles. The first kappa shape index (κ1) is 22.9. The van der Waals surface area contributed by atoms with E-state index in [1.54, 1.807) is 0 Å². The molecule has 34 heavy (non-hydrogen) atoms. The van der Waals surface area contributed by atoms with Crippen LogP contribution in [0.25, 0.3) is 0 Å². The summed E-state index contributed by atoms with van der Waals surface area (Å²) < 4.78 is 16.8. The number of benzene rings is 1. The van der Waals surface area contributed by atoms with Crippen LogP contribution in [0.3, 0.4) is 0 Å². The molecular formula is C24H32N6O3S. The van der Waals surface area contributed by atoms with Crippen molar-refractivity contribution in [3.8, 4) is 11.5 Å². The van der Waals surface area contributed by atoms with Gasteiger partial charge in [-0.05, 0) is 56.1 Å². The van der Waals surface area contributed by atoms with Gasteiger partial charge >= 0.3 is 0 Å². The zero-order chi connectivity index (χ0) is 23.3. The summed E-state index contributed by atoms with van der Waals surface area (Å²) in [5, 5.41) is 6.94. The van der Waals surface area contributed by atoms with Crippen LogP contribution in [0.2, 0.25) is 0 Å². The zero-order valence-corrected chi connectivity index (χ0v) is 20.4. The molecule has 5 rings (SSSR count). The van der Waals surface area contributed by atoms with Crippen molar-refractivity contribution < 1.29 is 14.2 Å². The molecule has 1 aromatic carbocycles. The number of anilines is 3. The summed E-state index contributed by atoms with van der Waals surface area (Å²) in [5.41, 5.74) is 1.05. The highest BCUT2D eigenvalue weighted by Crippen LogP contribution is 2.31. The van der Waals surface area contributed by atoms with Gasteiger partial charge in [-0.25, -0.2) is 0 Å². The number of ether oxygens (including phenoxy) is 3. The third kappa shape index (κ3) is 5.44. The number of nitrogens with zero attached hydrogens (tertiary/aromatic N) is 4. The number of hydrogen-bond donors (Lipinski definition) is 2. The van der Waals surface area contributed by atoms with Crippen molar-refractivity contribution in [3.05, 3.63) is 29.8 Å². The molecule has 2 fully saturated rings. The average Bonchev–Trinajstić information content (AvgIpc) is 2.88. The van der Waals surface area contributed by atoms with E-state index in [1.165, 1.54) is 19.3 Å². The van der Waals surface area contributed by atoms with E-state index in [-0.39, 0.29) is 0 Å². The summed E-state index contributed by atoms with van der Waals surface area (Å²) in [6.07, 6.45) is 3.62. The van der Waals surface area contributed by atoms with Crippen LogP contribution in [0.1, 0.15) is 31.7 Å². The van der Waals surface area contributed by atoms with Crippen molar-refractivity contribution in [2.24, 2.45) is 0 Å². The lowest BCUT2D eigenvalue weighted by molar-refractivity contribution is 0.122. The maximum absolute atomic E-state index is 5.68. The first-order chi connectivity index (χ1) is 16.7. The fourth-order valence-electron chi connectivity index (χ4n) is 4.54. The molecule has 2 N–H and O–H groups in total. The maximum Gasteiger partial charge on any atom is 0.232 e. The van der Waals surface area contributed by atoms with Crippen molar-refractivity contribution >= 4 is 34.9 Å². The quantitative estimate of drug-likeness (QED) is 0.618. The Hall–Kier alpha value is -2.85. The molecule has 0 spiro atoms. The van der Waals surface area contributed by atoms with Crippen molar-refractivity contribution in [1.82, 2.24) is 15.3 Å². The molecule has 182 valence electrons. The van der Waals surface area contributed by atoms with Crippen LogP contribution in [0, 0.1) is 0 Å². The number of aromatic nitrogens is 2. The molecule has 1 atom stereocenters. The Morgan fingerprint density at radius 3 is 2.62 bits per heavy atom. The highest BCUT2D eigenvalue weighted by Gasteiger charge is 2.23. The lowest BCUT2D eigenvalue weighted by Crippen LogP contribution is -2.40. The first-order valence-electron chi connectivity index (χ1n) is 12.1. The summed E-state index contributed by atoms with van der Waals surface area (Å²) >= 11 is 5.57. The predicted molar refractivity (Wildman–Crippen MR) is 136 cm³/mol. The minimum atomic E-state index is 0.453. The molecule has 0 saturated carbocycles. The average molecular weight is 485 g/mol. The Labute approximate surface area is 205 Å². The van der Waals surface area contributed by atoms with Gasteiger partial charge in [0.15, 0.2) is 16.6 Å². The summed E-state index contributed by atoms with van der Waals surface area (Å²) in [4.78, 5) is 14.3. The summed E-state index contributed by atoms with van der Waals surface area (Å²) in [7, 11) is 0. The van der Waals surface area contributed by atoms with Gasteiger partial charge in [0, 0.05) is 38.3 Å². The first-order valence-corrected chi connectivity index (χ1v) is 12.5. The van der Waals surface area contributed by atoms with Gasteiger partial charge in [0.1, 0.15) is 24.8 Å². The second-order valence-corrected chi connectivity index (χ2v) is 9.24. The molecule has 2 aromatic rings. The molecule has 0 radical (unpaired) electrons. The Morgan fingerprint density at radius 2 is 1.79 bits per heavy atom. The topological polar surface area (TPSA) is 84.0 Å². The number of nitrogens with one attached hydrogen (secondary N) is 2. The normalized spacial score (nSPS) is 20.1. The summed E-state index contributed by atoms with van der Waals surface area (Å²) in [5.74, 6) is 3.91. The smallest absolute Gasteiger partial charge is 0.232 e. The third-order valence-electron chi connectivity index (χ3n) is 6.42. The number of fused-ring (bicyclic) bond motifs is 1. The van der Waals surface area contributed by atoms with Crippen LogP contribution in [0.15, 0.2) is 24.3 Å². The second-order valence-electron chi connectivity index (χ2n) is 8.83. The van der Waals surface area contributed by atoms with E-state index in [4.69, 9.17) is 36.4 Å². The maximum atomic E-state index is 5.68. The van der Waals surface area contributed by atoms with Gasteiger partial charge in [0.25, 0.3) is 0 Å². The van der Waals surface area contributed by atoms with Gasteiger partial charge in [-0.15, -0.1) is 0 Å². The van der Waals surface area contributed by atoms with Gasteiger partial charge in [-0.1, -0.05) is 6.07 Å². The Bertz CT molecular complexity index is 1020. The van der Waals surface area contributed by atoms with Gasteiger partial charge in [-0.3, -0.25) is 0 Å². The van der Waals surface area contributed by atoms with E-state index in [2.05, 4.69) is 33.4 Å². The van der Waals surface area contributed by atoms with Crippen molar-refractivity contribution in [2.75, 3.05) is 61.2 Å². The molecule has 0 aliphatic carbocycles. The van der Waals surface area contributed by atoms with Crippen molar-refractivity contribution in [3.63, 3.8) is 0 Å². The molecule has 0 amide bonds. The van der Waals surface area contributed by atoms with E-state index in [0.29, 0.717) is 50.1 Å². The van der Waals surface area contributed by atoms with E-state index in [0.717, 1.165) is 48.3 Å². The fraction of sp³-hybridized carbons (Fsp3) is 0.542. The van der Waals surface area contributed by atoms with Gasteiger partial charge in [-0.2, -0.15) is 9.97 Å². The minimum absolute atomic E-state index is 0.453. The van der Waals surface area contributed by atoms with Gasteiger partial charge < -0.3 is 34.6 Å². The fourth-order valence-corrected chi connectivity index (χ4v) is 4.71. The van der Waals surface area contributed by atoms with Crippen molar-refractivity contribution in [1.29, 1.82) is 0 Å². The third-order valence-corrected chi connectivity index (χ3v) is 6.66.